The molecule has 1 N–H and O–H groups in total. The molecule has 0 aromatic heterocycles. The highest BCUT2D eigenvalue weighted by atomic mass is 79.9. The Morgan fingerprint density at radius 3 is 2.80 bits per heavy atom. The van der Waals surface area contributed by atoms with Gasteiger partial charge in [-0.15, -0.1) is 0 Å². The van der Waals surface area contributed by atoms with E-state index >= 15 is 0 Å². The van der Waals surface area contributed by atoms with E-state index in [9.17, 15) is 9.50 Å². The van der Waals surface area contributed by atoms with Gasteiger partial charge < -0.3 is 9.84 Å². The molecule has 2 aromatic rings. The van der Waals surface area contributed by atoms with Gasteiger partial charge in [0.1, 0.15) is 17.7 Å². The lowest BCUT2D eigenvalue weighted by Gasteiger charge is -2.30. The lowest BCUT2D eigenvalue weighted by atomic mass is 9.94. The Morgan fingerprint density at radius 2 is 2.05 bits per heavy atom. The first-order valence-electron chi connectivity index (χ1n) is 6.45. The standard InChI is InChI=1S/C16H14BrFO2/c1-9-2-3-10(6-13(9)17)15-8-14(19)12-5-4-11(18)7-16(12)20-15/h2-7,14-15,19H,8H2,1H3/t14-,15?/m1/s1. The summed E-state index contributed by atoms with van der Waals surface area (Å²) >= 11 is 3.49. The van der Waals surface area contributed by atoms with Crippen molar-refractivity contribution in [2.75, 3.05) is 0 Å². The molecule has 0 fully saturated rings. The van der Waals surface area contributed by atoms with Gasteiger partial charge in [0.25, 0.3) is 0 Å². The Morgan fingerprint density at radius 1 is 1.25 bits per heavy atom. The van der Waals surface area contributed by atoms with Gasteiger partial charge in [-0.1, -0.05) is 28.1 Å². The van der Waals surface area contributed by atoms with Crippen LogP contribution in [0.3, 0.4) is 0 Å². The largest absolute Gasteiger partial charge is 0.485 e. The number of aliphatic hydroxyl groups excluding tert-OH is 1. The number of benzene rings is 2. The Hall–Kier alpha value is -1.39. The molecule has 0 bridgehead atoms. The second-order valence-corrected chi connectivity index (χ2v) is 5.90. The maximum Gasteiger partial charge on any atom is 0.128 e. The summed E-state index contributed by atoms with van der Waals surface area (Å²) in [5, 5.41) is 10.2. The Balaban J connectivity index is 1.96. The zero-order valence-electron chi connectivity index (χ0n) is 10.9. The predicted octanol–water partition coefficient (Wildman–Crippen LogP) is 4.45. The summed E-state index contributed by atoms with van der Waals surface area (Å²) in [6.07, 6.45) is -0.436. The molecule has 0 spiro atoms. The minimum Gasteiger partial charge on any atom is -0.485 e. The molecule has 0 radical (unpaired) electrons. The second-order valence-electron chi connectivity index (χ2n) is 5.05. The molecular formula is C16H14BrFO2. The summed E-state index contributed by atoms with van der Waals surface area (Å²) in [6.45, 7) is 2.01. The Bertz CT molecular complexity index is 657. The van der Waals surface area contributed by atoms with Crippen molar-refractivity contribution in [3.8, 4) is 5.75 Å². The molecule has 0 amide bonds. The average molecular weight is 337 g/mol. The minimum atomic E-state index is -0.635. The number of halogens is 2. The number of fused-ring (bicyclic) bond motifs is 1. The highest BCUT2D eigenvalue weighted by Crippen LogP contribution is 2.41. The molecule has 104 valence electrons. The highest BCUT2D eigenvalue weighted by molar-refractivity contribution is 9.10. The molecule has 0 aliphatic carbocycles. The number of hydrogen-bond acceptors (Lipinski definition) is 2. The lowest BCUT2D eigenvalue weighted by molar-refractivity contribution is 0.0653. The van der Waals surface area contributed by atoms with Gasteiger partial charge in [-0.05, 0) is 36.2 Å². The summed E-state index contributed by atoms with van der Waals surface area (Å²) in [6, 6.07) is 10.2. The third-order valence-corrected chi connectivity index (χ3v) is 4.46. The van der Waals surface area contributed by atoms with Crippen LogP contribution < -0.4 is 4.74 Å². The average Bonchev–Trinajstić information content (AvgIpc) is 2.41. The summed E-state index contributed by atoms with van der Waals surface area (Å²) in [7, 11) is 0. The molecular weight excluding hydrogens is 323 g/mol. The van der Waals surface area contributed by atoms with Crippen LogP contribution in [0.5, 0.6) is 5.75 Å². The van der Waals surface area contributed by atoms with Crippen molar-refractivity contribution < 1.29 is 14.2 Å². The molecule has 0 saturated heterocycles. The van der Waals surface area contributed by atoms with Crippen LogP contribution in [-0.4, -0.2) is 5.11 Å². The first kappa shape index (κ1) is 13.6. The van der Waals surface area contributed by atoms with Gasteiger partial charge in [0.05, 0.1) is 6.10 Å². The number of ether oxygens (including phenoxy) is 1. The number of rotatable bonds is 1. The van der Waals surface area contributed by atoms with Crippen molar-refractivity contribution in [3.05, 3.63) is 63.4 Å². The van der Waals surface area contributed by atoms with Gasteiger partial charge in [0, 0.05) is 22.5 Å². The maximum atomic E-state index is 13.3. The van der Waals surface area contributed by atoms with Crippen molar-refractivity contribution in [1.82, 2.24) is 0 Å². The van der Waals surface area contributed by atoms with Crippen LogP contribution in [0.25, 0.3) is 0 Å². The van der Waals surface area contributed by atoms with Crippen LogP contribution in [0.15, 0.2) is 40.9 Å². The van der Waals surface area contributed by atoms with Gasteiger partial charge in [-0.3, -0.25) is 0 Å². The minimum absolute atomic E-state index is 0.267. The predicted molar refractivity (Wildman–Crippen MR) is 78.2 cm³/mol. The van der Waals surface area contributed by atoms with Crippen molar-refractivity contribution in [2.24, 2.45) is 0 Å². The Kier molecular flexibility index (Phi) is 3.52. The van der Waals surface area contributed by atoms with Gasteiger partial charge >= 0.3 is 0 Å². The van der Waals surface area contributed by atoms with Crippen LogP contribution in [0, 0.1) is 12.7 Å². The van der Waals surface area contributed by atoms with Crippen LogP contribution in [-0.2, 0) is 0 Å². The summed E-state index contributed by atoms with van der Waals surface area (Å²) in [5.74, 6) is 0.0622. The molecule has 1 unspecified atom stereocenters. The molecule has 3 rings (SSSR count). The van der Waals surface area contributed by atoms with Crippen LogP contribution in [0.2, 0.25) is 0 Å². The van der Waals surface area contributed by atoms with E-state index in [1.807, 2.05) is 25.1 Å². The summed E-state index contributed by atoms with van der Waals surface area (Å²) in [5.41, 5.74) is 2.75. The van der Waals surface area contributed by atoms with Crippen LogP contribution in [0.1, 0.15) is 35.3 Å². The Labute approximate surface area is 125 Å². The number of aryl methyl sites for hydroxylation is 1. The fraction of sp³-hybridized carbons (Fsp3) is 0.250. The summed E-state index contributed by atoms with van der Waals surface area (Å²) < 4.78 is 20.1. The zero-order chi connectivity index (χ0) is 14.3. The van der Waals surface area contributed by atoms with Gasteiger partial charge in [-0.25, -0.2) is 4.39 Å². The smallest absolute Gasteiger partial charge is 0.128 e. The van der Waals surface area contributed by atoms with Crippen LogP contribution >= 0.6 is 15.9 Å². The highest BCUT2D eigenvalue weighted by Gasteiger charge is 2.28. The monoisotopic (exact) mass is 336 g/mol. The van der Waals surface area contributed by atoms with Crippen LogP contribution in [0.4, 0.5) is 4.39 Å². The van der Waals surface area contributed by atoms with E-state index in [4.69, 9.17) is 4.74 Å². The van der Waals surface area contributed by atoms with E-state index in [0.29, 0.717) is 17.7 Å². The van der Waals surface area contributed by atoms with E-state index in [2.05, 4.69) is 15.9 Å². The van der Waals surface area contributed by atoms with E-state index < -0.39 is 6.10 Å². The second kappa shape index (κ2) is 5.19. The van der Waals surface area contributed by atoms with Crippen molar-refractivity contribution in [2.45, 2.75) is 25.6 Å². The van der Waals surface area contributed by atoms with Crippen molar-refractivity contribution in [3.63, 3.8) is 0 Å². The molecule has 1 aliphatic rings. The van der Waals surface area contributed by atoms with E-state index in [0.717, 1.165) is 15.6 Å². The molecule has 0 saturated carbocycles. The first-order valence-corrected chi connectivity index (χ1v) is 7.24. The van der Waals surface area contributed by atoms with E-state index in [1.165, 1.54) is 12.1 Å². The van der Waals surface area contributed by atoms with Crippen molar-refractivity contribution >= 4 is 15.9 Å². The van der Waals surface area contributed by atoms with Crippen molar-refractivity contribution in [1.29, 1.82) is 0 Å². The summed E-state index contributed by atoms with van der Waals surface area (Å²) in [4.78, 5) is 0. The number of aliphatic hydroxyl groups is 1. The van der Waals surface area contributed by atoms with Gasteiger partial charge in [0.2, 0.25) is 0 Å². The molecule has 1 aliphatic heterocycles. The quantitative estimate of drug-likeness (QED) is 0.833. The molecule has 1 heterocycles. The fourth-order valence-electron chi connectivity index (χ4n) is 2.43. The molecule has 4 heteroatoms. The topological polar surface area (TPSA) is 29.5 Å². The van der Waals surface area contributed by atoms with E-state index in [-0.39, 0.29) is 11.9 Å². The van der Waals surface area contributed by atoms with Gasteiger partial charge in [0.15, 0.2) is 0 Å². The molecule has 2 aromatic carbocycles. The lowest BCUT2D eigenvalue weighted by Crippen LogP contribution is -2.19. The third kappa shape index (κ3) is 2.45. The number of hydrogen-bond donors (Lipinski definition) is 1. The molecule has 20 heavy (non-hydrogen) atoms. The third-order valence-electron chi connectivity index (χ3n) is 3.61. The zero-order valence-corrected chi connectivity index (χ0v) is 12.5. The van der Waals surface area contributed by atoms with Gasteiger partial charge in [-0.2, -0.15) is 0 Å². The molecule has 2 nitrogen and oxygen atoms in total. The SMILES string of the molecule is Cc1ccc(C2C[C@@H](O)c3ccc(F)cc3O2)cc1Br. The van der Waals surface area contributed by atoms with E-state index in [1.54, 1.807) is 6.07 Å². The first-order chi connectivity index (χ1) is 9.54. The fourth-order valence-corrected chi connectivity index (χ4v) is 2.83. The molecule has 2 atom stereocenters. The maximum absolute atomic E-state index is 13.3. The normalized spacial score (nSPS) is 21.2.